The van der Waals surface area contributed by atoms with Crippen LogP contribution in [0.25, 0.3) is 0 Å². The van der Waals surface area contributed by atoms with E-state index in [2.05, 4.69) is 10.6 Å². The largest absolute Gasteiger partial charge is 0.480 e. The Hall–Kier alpha value is -1.63. The molecule has 0 aromatic heterocycles. The second-order valence-corrected chi connectivity index (χ2v) is 4.13. The summed E-state index contributed by atoms with van der Waals surface area (Å²) in [6.45, 7) is 0.877. The maximum absolute atomic E-state index is 11.5. The number of carbonyl (C=O) groups is 3. The number of nitrogens with two attached hydrogens (primary N) is 1. The zero-order valence-electron chi connectivity index (χ0n) is 9.44. The Morgan fingerprint density at radius 3 is 2.65 bits per heavy atom. The molecule has 5 N–H and O–H groups in total. The molecule has 2 atom stereocenters. The molecule has 7 heteroatoms. The van der Waals surface area contributed by atoms with Crippen molar-refractivity contribution in [3.63, 3.8) is 0 Å². The molecule has 1 heterocycles. The molecular weight excluding hydrogens is 226 g/mol. The fourth-order valence-corrected chi connectivity index (χ4v) is 1.81. The number of nitrogens with one attached hydrogen (secondary N) is 2. The van der Waals surface area contributed by atoms with E-state index >= 15 is 0 Å². The molecule has 0 saturated carbocycles. The first kappa shape index (κ1) is 13.4. The van der Waals surface area contributed by atoms with Crippen LogP contribution >= 0.6 is 0 Å². The minimum atomic E-state index is -1.25. The predicted molar refractivity (Wildman–Crippen MR) is 59.0 cm³/mol. The van der Waals surface area contributed by atoms with E-state index in [1.807, 2.05) is 0 Å². The number of hydrogen-bond donors (Lipinski definition) is 4. The van der Waals surface area contributed by atoms with Crippen LogP contribution < -0.4 is 16.4 Å². The van der Waals surface area contributed by atoms with E-state index in [1.54, 1.807) is 0 Å². The minimum Gasteiger partial charge on any atom is -0.480 e. The molecule has 2 amide bonds. The minimum absolute atomic E-state index is 0.0954. The van der Waals surface area contributed by atoms with Crippen molar-refractivity contribution in [1.29, 1.82) is 0 Å². The number of primary amides is 1. The lowest BCUT2D eigenvalue weighted by molar-refractivity contribution is -0.143. The van der Waals surface area contributed by atoms with Crippen LogP contribution in [-0.2, 0) is 14.4 Å². The van der Waals surface area contributed by atoms with E-state index < -0.39 is 17.9 Å². The van der Waals surface area contributed by atoms with Crippen molar-refractivity contribution in [1.82, 2.24) is 10.6 Å². The van der Waals surface area contributed by atoms with Crippen molar-refractivity contribution < 1.29 is 19.5 Å². The van der Waals surface area contributed by atoms with Gasteiger partial charge in [-0.1, -0.05) is 0 Å². The van der Waals surface area contributed by atoms with Gasteiger partial charge in [-0.3, -0.25) is 9.59 Å². The zero-order valence-corrected chi connectivity index (χ0v) is 9.44. The Morgan fingerprint density at radius 1 is 1.47 bits per heavy atom. The molecule has 1 aliphatic heterocycles. The van der Waals surface area contributed by atoms with E-state index in [-0.39, 0.29) is 24.8 Å². The van der Waals surface area contributed by atoms with E-state index in [9.17, 15) is 14.4 Å². The number of rotatable bonds is 6. The molecule has 1 fully saturated rings. The molecular formula is C10H17N3O4. The van der Waals surface area contributed by atoms with E-state index in [4.69, 9.17) is 10.8 Å². The van der Waals surface area contributed by atoms with E-state index in [0.717, 1.165) is 19.4 Å². The van der Waals surface area contributed by atoms with Gasteiger partial charge in [-0.2, -0.15) is 0 Å². The second kappa shape index (κ2) is 6.19. The van der Waals surface area contributed by atoms with E-state index in [1.165, 1.54) is 0 Å². The molecule has 0 radical (unpaired) electrons. The molecule has 17 heavy (non-hydrogen) atoms. The lowest BCUT2D eigenvalue weighted by atomic mass is 10.1. The van der Waals surface area contributed by atoms with Crippen molar-refractivity contribution in [3.8, 4) is 0 Å². The maximum Gasteiger partial charge on any atom is 0.326 e. The number of hydrogen-bond acceptors (Lipinski definition) is 4. The molecule has 0 bridgehead atoms. The Labute approximate surface area is 98.7 Å². The highest BCUT2D eigenvalue weighted by atomic mass is 16.4. The smallest absolute Gasteiger partial charge is 0.326 e. The summed E-state index contributed by atoms with van der Waals surface area (Å²) >= 11 is 0. The summed E-state index contributed by atoms with van der Waals surface area (Å²) in [5.74, 6) is -2.38. The topological polar surface area (TPSA) is 122 Å². The van der Waals surface area contributed by atoms with Gasteiger partial charge in [0.1, 0.15) is 6.04 Å². The average Bonchev–Trinajstić information content (AvgIpc) is 2.68. The lowest BCUT2D eigenvalue weighted by Gasteiger charge is -2.15. The van der Waals surface area contributed by atoms with Crippen LogP contribution in [0.2, 0.25) is 0 Å². The third kappa shape index (κ3) is 4.81. The van der Waals surface area contributed by atoms with Crippen molar-refractivity contribution in [2.75, 3.05) is 6.54 Å². The van der Waals surface area contributed by atoms with Crippen LogP contribution in [0.5, 0.6) is 0 Å². The van der Waals surface area contributed by atoms with Crippen LogP contribution in [0.15, 0.2) is 0 Å². The number of carboxylic acids is 1. The van der Waals surface area contributed by atoms with Gasteiger partial charge in [-0.25, -0.2) is 4.79 Å². The normalized spacial score (nSPS) is 20.8. The number of carboxylic acid groups (broad SMARTS) is 1. The molecule has 0 aromatic carbocycles. The van der Waals surface area contributed by atoms with Crippen molar-refractivity contribution >= 4 is 17.8 Å². The summed E-state index contributed by atoms with van der Waals surface area (Å²) in [5, 5.41) is 14.2. The van der Waals surface area contributed by atoms with Gasteiger partial charge in [0.25, 0.3) is 0 Å². The lowest BCUT2D eigenvalue weighted by Crippen LogP contribution is -2.44. The van der Waals surface area contributed by atoms with Gasteiger partial charge in [0, 0.05) is 12.5 Å². The summed E-state index contributed by atoms with van der Waals surface area (Å²) < 4.78 is 0. The van der Waals surface area contributed by atoms with E-state index in [0.29, 0.717) is 0 Å². The van der Waals surface area contributed by atoms with Gasteiger partial charge in [-0.05, 0) is 19.4 Å². The highest BCUT2D eigenvalue weighted by Crippen LogP contribution is 2.08. The fourth-order valence-electron chi connectivity index (χ4n) is 1.81. The molecule has 1 unspecified atom stereocenters. The molecule has 7 nitrogen and oxygen atoms in total. The van der Waals surface area contributed by atoms with Gasteiger partial charge >= 0.3 is 5.97 Å². The third-order valence-corrected chi connectivity index (χ3v) is 2.63. The van der Waals surface area contributed by atoms with Crippen LogP contribution in [0.1, 0.15) is 25.7 Å². The summed E-state index contributed by atoms with van der Waals surface area (Å²) in [5.41, 5.74) is 4.90. The van der Waals surface area contributed by atoms with Gasteiger partial charge in [0.2, 0.25) is 11.8 Å². The van der Waals surface area contributed by atoms with Crippen LogP contribution in [0.4, 0.5) is 0 Å². The third-order valence-electron chi connectivity index (χ3n) is 2.63. The van der Waals surface area contributed by atoms with Crippen molar-refractivity contribution in [2.24, 2.45) is 5.73 Å². The molecule has 96 valence electrons. The van der Waals surface area contributed by atoms with Crippen LogP contribution in [0, 0.1) is 0 Å². The Balaban J connectivity index is 2.40. The molecule has 0 spiro atoms. The molecule has 0 aliphatic carbocycles. The average molecular weight is 243 g/mol. The quantitative estimate of drug-likeness (QED) is 0.456. The maximum atomic E-state index is 11.5. The molecule has 0 aromatic rings. The van der Waals surface area contributed by atoms with Crippen molar-refractivity contribution in [3.05, 3.63) is 0 Å². The first-order valence-corrected chi connectivity index (χ1v) is 5.53. The van der Waals surface area contributed by atoms with Gasteiger partial charge in [0.15, 0.2) is 0 Å². The van der Waals surface area contributed by atoms with Gasteiger partial charge < -0.3 is 21.5 Å². The second-order valence-electron chi connectivity index (χ2n) is 4.13. The predicted octanol–water partition coefficient (Wildman–Crippen LogP) is -1.43. The Bertz CT molecular complexity index is 313. The summed E-state index contributed by atoms with van der Waals surface area (Å²) in [6.07, 6.45) is 1.75. The molecule has 1 saturated heterocycles. The molecule has 1 rings (SSSR count). The number of amides is 2. The Kier molecular flexibility index (Phi) is 4.89. The SMILES string of the molecule is NC(=O)C[C@H](NC(=O)CC1CCCN1)C(=O)O. The first-order chi connectivity index (χ1) is 7.99. The highest BCUT2D eigenvalue weighted by Gasteiger charge is 2.24. The summed E-state index contributed by atoms with van der Waals surface area (Å²) in [7, 11) is 0. The standard InChI is InChI=1S/C10H17N3O4/c11-8(14)5-7(10(16)17)13-9(15)4-6-2-1-3-12-6/h6-7,12H,1-5H2,(H2,11,14)(H,13,15)(H,16,17)/t6?,7-/m0/s1. The first-order valence-electron chi connectivity index (χ1n) is 5.53. The summed E-state index contributed by atoms with van der Waals surface area (Å²) in [6, 6.07) is -1.14. The number of aliphatic carboxylic acids is 1. The van der Waals surface area contributed by atoms with Crippen LogP contribution in [-0.4, -0.2) is 41.5 Å². The summed E-state index contributed by atoms with van der Waals surface area (Å²) in [4.78, 5) is 32.9. The molecule has 1 aliphatic rings. The van der Waals surface area contributed by atoms with Gasteiger partial charge in [0.05, 0.1) is 6.42 Å². The highest BCUT2D eigenvalue weighted by molar-refractivity contribution is 5.88. The zero-order chi connectivity index (χ0) is 12.8. The monoisotopic (exact) mass is 243 g/mol. The Morgan fingerprint density at radius 2 is 2.18 bits per heavy atom. The van der Waals surface area contributed by atoms with Crippen LogP contribution in [0.3, 0.4) is 0 Å². The van der Waals surface area contributed by atoms with Crippen molar-refractivity contribution in [2.45, 2.75) is 37.8 Å². The fraction of sp³-hybridized carbons (Fsp3) is 0.700. The van der Waals surface area contributed by atoms with Gasteiger partial charge in [-0.15, -0.1) is 0 Å². The number of carbonyl (C=O) groups excluding carboxylic acids is 2.